The van der Waals surface area contributed by atoms with Crippen LogP contribution in [-0.2, 0) is 24.1 Å². The molecule has 0 aliphatic heterocycles. The molecule has 0 radical (unpaired) electrons. The van der Waals surface area contributed by atoms with Gasteiger partial charge in [0, 0.05) is 31.9 Å². The molecular weight excluding hydrogens is 346 g/mol. The van der Waals surface area contributed by atoms with E-state index < -0.39 is 32.2 Å². The molecule has 9 heteroatoms. The molecule has 0 fully saturated rings. The van der Waals surface area contributed by atoms with Crippen LogP contribution in [0.4, 0.5) is 0 Å². The van der Waals surface area contributed by atoms with Gasteiger partial charge in [-0.2, -0.15) is 0 Å². The predicted octanol–water partition coefficient (Wildman–Crippen LogP) is 0.441. The first-order valence-corrected chi connectivity index (χ1v) is 9.00. The van der Waals surface area contributed by atoms with Crippen molar-refractivity contribution in [2.45, 2.75) is 24.8 Å². The van der Waals surface area contributed by atoms with Crippen LogP contribution >= 0.6 is 0 Å². The van der Waals surface area contributed by atoms with Crippen LogP contribution in [0.1, 0.15) is 24.1 Å². The number of methoxy groups -OCH3 is 1. The van der Waals surface area contributed by atoms with Gasteiger partial charge in [-0.1, -0.05) is 17.7 Å². The fraction of sp³-hybridized carbons (Fsp3) is 0.375. The van der Waals surface area contributed by atoms with Crippen molar-refractivity contribution in [2.75, 3.05) is 7.11 Å². The van der Waals surface area contributed by atoms with Gasteiger partial charge in [0.25, 0.3) is 5.56 Å². The average molecular weight is 367 g/mol. The number of aromatic nitrogens is 2. The first-order valence-electron chi connectivity index (χ1n) is 7.52. The minimum Gasteiger partial charge on any atom is -0.496 e. The van der Waals surface area contributed by atoms with Crippen LogP contribution in [0.15, 0.2) is 38.9 Å². The lowest BCUT2D eigenvalue weighted by atomic mass is 10.1. The van der Waals surface area contributed by atoms with Gasteiger partial charge in [0.05, 0.1) is 7.11 Å². The largest absolute Gasteiger partial charge is 0.496 e. The summed E-state index contributed by atoms with van der Waals surface area (Å²) in [4.78, 5) is 23.4. The Hall–Kier alpha value is -2.39. The maximum Gasteiger partial charge on any atom is 0.330 e. The average Bonchev–Trinajstić information content (AvgIpc) is 2.55. The summed E-state index contributed by atoms with van der Waals surface area (Å²) in [6.07, 6.45) is 1.02. The number of sulfonamides is 1. The summed E-state index contributed by atoms with van der Waals surface area (Å²) in [5.74, 6) is 0.536. The van der Waals surface area contributed by atoms with E-state index in [4.69, 9.17) is 4.74 Å². The molecule has 136 valence electrons. The third kappa shape index (κ3) is 3.67. The highest BCUT2D eigenvalue weighted by Crippen LogP contribution is 2.27. The molecule has 1 atom stereocenters. The number of hydrogen-bond donors (Lipinski definition) is 1. The molecule has 1 heterocycles. The van der Waals surface area contributed by atoms with Crippen molar-refractivity contribution in [3.8, 4) is 5.75 Å². The summed E-state index contributed by atoms with van der Waals surface area (Å²) >= 11 is 0. The molecule has 2 aromatic rings. The van der Waals surface area contributed by atoms with Crippen molar-refractivity contribution >= 4 is 10.0 Å². The number of benzene rings is 1. The van der Waals surface area contributed by atoms with Gasteiger partial charge in [0.15, 0.2) is 4.90 Å². The highest BCUT2D eigenvalue weighted by molar-refractivity contribution is 7.89. The van der Waals surface area contributed by atoms with Crippen LogP contribution in [0.3, 0.4) is 0 Å². The molecule has 1 aromatic heterocycles. The SMILES string of the molecule is COc1ccc(C)cc1[C@@H](C)NS(=O)(=O)c1cn(C)c(=O)n(C)c1=O. The summed E-state index contributed by atoms with van der Waals surface area (Å²) in [5.41, 5.74) is 0.115. The number of nitrogens with one attached hydrogen (secondary N) is 1. The van der Waals surface area contributed by atoms with Crippen LogP contribution in [0.2, 0.25) is 0 Å². The fourth-order valence-electron chi connectivity index (χ4n) is 2.51. The third-order valence-corrected chi connectivity index (χ3v) is 5.41. The predicted molar refractivity (Wildman–Crippen MR) is 93.4 cm³/mol. The lowest BCUT2D eigenvalue weighted by molar-refractivity contribution is 0.405. The first-order chi connectivity index (χ1) is 11.6. The van der Waals surface area contributed by atoms with E-state index in [-0.39, 0.29) is 0 Å². The van der Waals surface area contributed by atoms with Crippen molar-refractivity contribution in [3.05, 3.63) is 56.4 Å². The van der Waals surface area contributed by atoms with Crippen molar-refractivity contribution in [1.82, 2.24) is 13.9 Å². The fourth-order valence-corrected chi connectivity index (χ4v) is 3.89. The van der Waals surface area contributed by atoms with Crippen LogP contribution < -0.4 is 20.7 Å². The van der Waals surface area contributed by atoms with Gasteiger partial charge < -0.3 is 9.30 Å². The standard InChI is InChI=1S/C16H21N3O5S/c1-10-6-7-13(24-5)12(8-10)11(2)17-25(22,23)14-9-18(3)16(21)19(4)15(14)20/h6-9,11,17H,1-5H3/t11-/m1/s1. The smallest absolute Gasteiger partial charge is 0.330 e. The highest BCUT2D eigenvalue weighted by Gasteiger charge is 2.25. The van der Waals surface area contributed by atoms with Gasteiger partial charge in [-0.3, -0.25) is 9.36 Å². The van der Waals surface area contributed by atoms with Gasteiger partial charge in [0.1, 0.15) is 5.75 Å². The van der Waals surface area contributed by atoms with E-state index in [1.807, 2.05) is 19.1 Å². The van der Waals surface area contributed by atoms with E-state index in [1.54, 1.807) is 13.0 Å². The Bertz CT molecular complexity index is 1020. The molecule has 0 saturated carbocycles. The maximum atomic E-state index is 12.7. The minimum absolute atomic E-state index is 0.490. The Morgan fingerprint density at radius 2 is 1.84 bits per heavy atom. The Morgan fingerprint density at radius 3 is 2.44 bits per heavy atom. The Balaban J connectivity index is 2.48. The van der Waals surface area contributed by atoms with E-state index in [9.17, 15) is 18.0 Å². The summed E-state index contributed by atoms with van der Waals surface area (Å²) in [6, 6.07) is 4.78. The molecular formula is C16H21N3O5S. The molecule has 0 bridgehead atoms. The van der Waals surface area contributed by atoms with Gasteiger partial charge in [0.2, 0.25) is 10.0 Å². The number of nitrogens with zero attached hydrogens (tertiary/aromatic N) is 2. The highest BCUT2D eigenvalue weighted by atomic mass is 32.2. The van der Waals surface area contributed by atoms with Gasteiger partial charge in [-0.25, -0.2) is 17.9 Å². The lowest BCUT2D eigenvalue weighted by Gasteiger charge is -2.18. The second-order valence-corrected chi connectivity index (χ2v) is 7.52. The van der Waals surface area contributed by atoms with Crippen LogP contribution in [-0.4, -0.2) is 24.7 Å². The summed E-state index contributed by atoms with van der Waals surface area (Å²) in [7, 11) is -0.0228. The molecule has 0 aliphatic carbocycles. The van der Waals surface area contributed by atoms with Crippen molar-refractivity contribution < 1.29 is 13.2 Å². The van der Waals surface area contributed by atoms with Crippen LogP contribution in [0.5, 0.6) is 5.75 Å². The van der Waals surface area contributed by atoms with E-state index in [2.05, 4.69) is 4.72 Å². The molecule has 1 aromatic carbocycles. The molecule has 0 amide bonds. The summed E-state index contributed by atoms with van der Waals surface area (Å²) < 4.78 is 34.9. The zero-order valence-corrected chi connectivity index (χ0v) is 15.5. The van der Waals surface area contributed by atoms with Crippen molar-refractivity contribution in [2.24, 2.45) is 14.1 Å². The van der Waals surface area contributed by atoms with Crippen molar-refractivity contribution in [1.29, 1.82) is 0 Å². The van der Waals surface area contributed by atoms with Crippen molar-refractivity contribution in [3.63, 3.8) is 0 Å². The monoisotopic (exact) mass is 367 g/mol. The molecule has 0 saturated heterocycles. The minimum atomic E-state index is -4.14. The molecule has 1 N–H and O–H groups in total. The van der Waals surface area contributed by atoms with Crippen LogP contribution in [0.25, 0.3) is 0 Å². The molecule has 0 unspecified atom stereocenters. The molecule has 2 rings (SSSR count). The van der Waals surface area contributed by atoms with E-state index in [0.717, 1.165) is 20.9 Å². The van der Waals surface area contributed by atoms with Gasteiger partial charge in [-0.05, 0) is 19.9 Å². The lowest BCUT2D eigenvalue weighted by Crippen LogP contribution is -2.41. The zero-order valence-electron chi connectivity index (χ0n) is 14.7. The zero-order chi connectivity index (χ0) is 18.9. The topological polar surface area (TPSA) is 99.4 Å². The van der Waals surface area contributed by atoms with Gasteiger partial charge >= 0.3 is 5.69 Å². The number of ether oxygens (including phenoxy) is 1. The maximum absolute atomic E-state index is 12.7. The van der Waals surface area contributed by atoms with E-state index in [1.165, 1.54) is 21.2 Å². The Kier molecular flexibility index (Phi) is 5.19. The second kappa shape index (κ2) is 6.85. The normalized spacial score (nSPS) is 12.8. The molecule has 8 nitrogen and oxygen atoms in total. The third-order valence-electron chi connectivity index (χ3n) is 3.89. The summed E-state index contributed by atoms with van der Waals surface area (Å²) in [5, 5.41) is 0. The van der Waals surface area contributed by atoms with E-state index in [0.29, 0.717) is 11.3 Å². The Labute approximate surface area is 145 Å². The second-order valence-electron chi connectivity index (χ2n) is 5.84. The van der Waals surface area contributed by atoms with E-state index >= 15 is 0 Å². The molecule has 0 aliphatic rings. The van der Waals surface area contributed by atoms with Crippen LogP contribution in [0, 0.1) is 6.92 Å². The first kappa shape index (κ1) is 18.9. The number of rotatable bonds is 5. The summed E-state index contributed by atoms with van der Waals surface area (Å²) in [6.45, 7) is 3.54. The number of aryl methyl sites for hydroxylation is 2. The molecule has 25 heavy (non-hydrogen) atoms. The molecule has 0 spiro atoms. The number of hydrogen-bond acceptors (Lipinski definition) is 5. The quantitative estimate of drug-likeness (QED) is 0.827. The Morgan fingerprint density at radius 1 is 1.20 bits per heavy atom. The van der Waals surface area contributed by atoms with Gasteiger partial charge in [-0.15, -0.1) is 0 Å².